The molecular weight excluding hydrogens is 118 g/mol. The summed E-state index contributed by atoms with van der Waals surface area (Å²) in [5, 5.41) is 12.0. The summed E-state index contributed by atoms with van der Waals surface area (Å²) >= 11 is 0. The van der Waals surface area contributed by atoms with Gasteiger partial charge >= 0.3 is 29.6 Å². The Morgan fingerprint density at radius 2 is 1.50 bits per heavy atom. The molecule has 0 heterocycles. The van der Waals surface area contributed by atoms with Gasteiger partial charge < -0.3 is 4.89 Å². The summed E-state index contributed by atoms with van der Waals surface area (Å²) in [4.78, 5) is 8.35. The Hall–Kier alpha value is 0.980. The third kappa shape index (κ3) is 82.1. The van der Waals surface area contributed by atoms with Crippen LogP contribution in [-0.4, -0.2) is 10.5 Å². The first-order chi connectivity index (χ1) is 2.41. The molecule has 6 heavy (non-hydrogen) atoms. The van der Waals surface area contributed by atoms with Crippen LogP contribution in [0.5, 0.6) is 0 Å². The van der Waals surface area contributed by atoms with Crippen molar-refractivity contribution in [1.29, 1.82) is 0 Å². The van der Waals surface area contributed by atoms with Crippen molar-refractivity contribution in [2.45, 2.75) is 0 Å². The summed E-state index contributed by atoms with van der Waals surface area (Å²) in [5.41, 5.74) is 0. The molecular formula is H2NaO4P. The fraction of sp³-hybridized carbons (Fsp3) is 0. The maximum absolute atomic E-state index is 8.35. The van der Waals surface area contributed by atoms with Gasteiger partial charge in [0.15, 0.2) is 0 Å². The second kappa shape index (κ2) is 37.8. The minimum absolute atomic E-state index is 0. The molecule has 0 fully saturated rings. The van der Waals surface area contributed by atoms with E-state index in [1.54, 1.807) is 0 Å². The summed E-state index contributed by atoms with van der Waals surface area (Å²) in [7, 11) is -1.08. The fourth-order valence-corrected chi connectivity index (χ4v) is 0. The number of hydrogen-bond acceptors (Lipinski definition) is 4. The third-order valence-corrected chi connectivity index (χ3v) is 0. The Kier molecular flexibility index (Phi) is 99.4. The van der Waals surface area contributed by atoms with Crippen LogP contribution in [0.1, 0.15) is 0 Å². The van der Waals surface area contributed by atoms with Crippen molar-refractivity contribution in [3.05, 3.63) is 0 Å². The summed E-state index contributed by atoms with van der Waals surface area (Å²) in [5.74, 6) is 0. The monoisotopic (exact) mass is 120 g/mol. The molecule has 0 rings (SSSR count). The van der Waals surface area contributed by atoms with Crippen molar-refractivity contribution in [1.82, 2.24) is 0 Å². The van der Waals surface area contributed by atoms with Crippen LogP contribution in [0, 0.1) is 0 Å². The van der Waals surface area contributed by atoms with Gasteiger partial charge in [0, 0.05) is 0 Å². The zero-order valence-corrected chi connectivity index (χ0v) is 6.05. The van der Waals surface area contributed by atoms with Gasteiger partial charge in [-0.15, -0.1) is 0 Å². The van der Waals surface area contributed by atoms with E-state index in [0.717, 1.165) is 0 Å². The Bertz CT molecular complexity index is 15.0. The first kappa shape index (κ1) is 15.8. The zero-order valence-electron chi connectivity index (χ0n) is 3.16. The van der Waals surface area contributed by atoms with Crippen molar-refractivity contribution in [3.8, 4) is 0 Å². The molecule has 0 unspecified atom stereocenters. The van der Waals surface area contributed by atoms with Gasteiger partial charge in [0.25, 0.3) is 0 Å². The quantitative estimate of drug-likeness (QED) is 0.151. The zero-order chi connectivity index (χ0) is 4.71. The maximum atomic E-state index is 8.35. The molecule has 0 aromatic rings. The SMILES string of the molecule is O=P[O-].OO.[Na+]. The van der Waals surface area contributed by atoms with E-state index >= 15 is 0 Å². The number of rotatable bonds is 0. The molecule has 4 nitrogen and oxygen atoms in total. The van der Waals surface area contributed by atoms with Crippen molar-refractivity contribution in [3.63, 3.8) is 0 Å². The van der Waals surface area contributed by atoms with Crippen molar-refractivity contribution in [2.75, 3.05) is 0 Å². The van der Waals surface area contributed by atoms with Crippen LogP contribution >= 0.6 is 8.69 Å². The normalized spacial score (nSPS) is 4.50. The van der Waals surface area contributed by atoms with Crippen LogP contribution in [-0.2, 0) is 4.57 Å². The molecule has 0 aliphatic rings. The average Bonchev–Trinajstić information content (AvgIpc) is 1.46. The average molecular weight is 120 g/mol. The minimum Gasteiger partial charge on any atom is -0.772 e. The Balaban J connectivity index is -0.0000000275. The van der Waals surface area contributed by atoms with E-state index < -0.39 is 8.69 Å². The standard InChI is InChI=1S/Na.HO2P.H2O2/c;1-3-2;1-2/h;(H,1,2);1-2H/q+1;;/p-1. The van der Waals surface area contributed by atoms with Gasteiger partial charge in [0.1, 0.15) is 0 Å². The van der Waals surface area contributed by atoms with Gasteiger partial charge in [-0.3, -0.25) is 15.1 Å². The van der Waals surface area contributed by atoms with E-state index in [1.807, 2.05) is 0 Å². The molecule has 0 amide bonds. The first-order valence-electron chi connectivity index (χ1n) is 0.565. The van der Waals surface area contributed by atoms with E-state index in [9.17, 15) is 0 Å². The van der Waals surface area contributed by atoms with Crippen LogP contribution in [0.2, 0.25) is 0 Å². The van der Waals surface area contributed by atoms with Crippen LogP contribution in [0.3, 0.4) is 0 Å². The molecule has 0 saturated carbocycles. The molecule has 0 saturated heterocycles. The molecule has 0 aliphatic heterocycles. The van der Waals surface area contributed by atoms with E-state index in [4.69, 9.17) is 20.0 Å². The van der Waals surface area contributed by atoms with Crippen LogP contribution in [0.4, 0.5) is 0 Å². The largest absolute Gasteiger partial charge is 1.00 e. The molecule has 0 aliphatic carbocycles. The minimum atomic E-state index is -1.08. The fourth-order valence-electron chi connectivity index (χ4n) is 0. The Labute approximate surface area is 58.3 Å². The summed E-state index contributed by atoms with van der Waals surface area (Å²) in [6.07, 6.45) is 0. The summed E-state index contributed by atoms with van der Waals surface area (Å²) in [6, 6.07) is 0. The maximum Gasteiger partial charge on any atom is 1.00 e. The van der Waals surface area contributed by atoms with E-state index in [2.05, 4.69) is 0 Å². The topological polar surface area (TPSA) is 80.6 Å². The molecule has 0 aromatic heterocycles. The number of hydrogen-bond donors (Lipinski definition) is 2. The first-order valence-corrected chi connectivity index (χ1v) is 1.30. The summed E-state index contributed by atoms with van der Waals surface area (Å²) < 4.78 is 8.35. The molecule has 32 valence electrons. The Morgan fingerprint density at radius 1 is 1.50 bits per heavy atom. The van der Waals surface area contributed by atoms with E-state index in [1.165, 1.54) is 0 Å². The molecule has 2 N–H and O–H groups in total. The van der Waals surface area contributed by atoms with Crippen LogP contribution < -0.4 is 34.5 Å². The van der Waals surface area contributed by atoms with Gasteiger partial charge in [-0.25, -0.2) is 0 Å². The third-order valence-electron chi connectivity index (χ3n) is 0. The van der Waals surface area contributed by atoms with Gasteiger partial charge in [-0.2, -0.15) is 0 Å². The van der Waals surface area contributed by atoms with Crippen molar-refractivity contribution < 1.29 is 49.5 Å². The Morgan fingerprint density at radius 3 is 1.50 bits per heavy atom. The van der Waals surface area contributed by atoms with Gasteiger partial charge in [-0.05, 0) is 0 Å². The van der Waals surface area contributed by atoms with E-state index in [-0.39, 0.29) is 29.6 Å². The predicted molar refractivity (Wildman–Crippen MR) is 12.9 cm³/mol. The molecule has 0 spiro atoms. The van der Waals surface area contributed by atoms with Gasteiger partial charge in [0.05, 0.1) is 8.69 Å². The van der Waals surface area contributed by atoms with Crippen LogP contribution in [0.15, 0.2) is 0 Å². The molecule has 0 bridgehead atoms. The smallest absolute Gasteiger partial charge is 0.772 e. The predicted octanol–water partition coefficient (Wildman–Crippen LogP) is -3.43. The molecule has 0 radical (unpaired) electrons. The molecule has 6 heteroatoms. The van der Waals surface area contributed by atoms with Crippen molar-refractivity contribution in [2.24, 2.45) is 0 Å². The second-order valence-corrected chi connectivity index (χ2v) is 0.224. The van der Waals surface area contributed by atoms with Crippen molar-refractivity contribution >= 4 is 8.69 Å². The van der Waals surface area contributed by atoms with Crippen LogP contribution in [0.25, 0.3) is 0 Å². The summed E-state index contributed by atoms with van der Waals surface area (Å²) in [6.45, 7) is 0. The van der Waals surface area contributed by atoms with Gasteiger partial charge in [0.2, 0.25) is 0 Å². The molecule has 0 aromatic carbocycles. The molecule has 0 atom stereocenters. The van der Waals surface area contributed by atoms with E-state index in [0.29, 0.717) is 0 Å². The second-order valence-electron chi connectivity index (χ2n) is 0.0745. The van der Waals surface area contributed by atoms with Gasteiger partial charge in [-0.1, -0.05) is 0 Å².